The average molecular weight is 348 g/mol. The van der Waals surface area contributed by atoms with E-state index in [4.69, 9.17) is 9.47 Å². The van der Waals surface area contributed by atoms with Crippen LogP contribution in [0.25, 0.3) is 23.1 Å². The lowest BCUT2D eigenvalue weighted by Crippen LogP contribution is -2.07. The number of benzene rings is 2. The van der Waals surface area contributed by atoms with Crippen LogP contribution in [0, 0.1) is 0 Å². The summed E-state index contributed by atoms with van der Waals surface area (Å²) in [5.41, 5.74) is 1.60. The van der Waals surface area contributed by atoms with Gasteiger partial charge in [0.1, 0.15) is 0 Å². The fourth-order valence-corrected chi connectivity index (χ4v) is 2.34. The van der Waals surface area contributed by atoms with E-state index in [0.717, 1.165) is 16.5 Å². The molecule has 6 nitrogen and oxygen atoms in total. The van der Waals surface area contributed by atoms with Crippen LogP contribution in [0.4, 0.5) is 0 Å². The minimum Gasteiger partial charge on any atom is -0.423 e. The second kappa shape index (κ2) is 7.57. The SMILES string of the molecule is CC(=O)Oc1ccc(/C=C/c2ncc3ccccc3n2)cc1OC(C)=O. The molecule has 0 atom stereocenters. The quantitative estimate of drug-likeness (QED) is 0.529. The summed E-state index contributed by atoms with van der Waals surface area (Å²) in [4.78, 5) is 31.2. The number of ether oxygens (including phenoxy) is 2. The maximum absolute atomic E-state index is 11.3. The average Bonchev–Trinajstić information content (AvgIpc) is 2.61. The number of hydrogen-bond donors (Lipinski definition) is 0. The lowest BCUT2D eigenvalue weighted by Gasteiger charge is -2.09. The van der Waals surface area contributed by atoms with Crippen molar-refractivity contribution in [1.29, 1.82) is 0 Å². The van der Waals surface area contributed by atoms with Crippen molar-refractivity contribution in [3.8, 4) is 11.5 Å². The van der Waals surface area contributed by atoms with Gasteiger partial charge < -0.3 is 9.47 Å². The Morgan fingerprint density at radius 1 is 0.923 bits per heavy atom. The van der Waals surface area contributed by atoms with Crippen molar-refractivity contribution in [3.63, 3.8) is 0 Å². The summed E-state index contributed by atoms with van der Waals surface area (Å²) < 4.78 is 10.2. The van der Waals surface area contributed by atoms with Crippen LogP contribution in [-0.4, -0.2) is 21.9 Å². The number of fused-ring (bicyclic) bond motifs is 1. The van der Waals surface area contributed by atoms with Crippen LogP contribution in [0.15, 0.2) is 48.7 Å². The number of carbonyl (C=O) groups excluding carboxylic acids is 2. The number of esters is 2. The Labute approximate surface area is 150 Å². The van der Waals surface area contributed by atoms with Gasteiger partial charge in [-0.25, -0.2) is 9.97 Å². The van der Waals surface area contributed by atoms with Crippen molar-refractivity contribution < 1.29 is 19.1 Å². The van der Waals surface area contributed by atoms with Gasteiger partial charge in [0.15, 0.2) is 17.3 Å². The molecule has 0 fully saturated rings. The van der Waals surface area contributed by atoms with Crippen LogP contribution in [0.2, 0.25) is 0 Å². The van der Waals surface area contributed by atoms with Gasteiger partial charge >= 0.3 is 11.9 Å². The predicted molar refractivity (Wildman–Crippen MR) is 97.5 cm³/mol. The zero-order valence-electron chi connectivity index (χ0n) is 14.3. The normalized spacial score (nSPS) is 10.8. The summed E-state index contributed by atoms with van der Waals surface area (Å²) in [5.74, 6) is -0.0773. The van der Waals surface area contributed by atoms with Crippen LogP contribution in [0.3, 0.4) is 0 Å². The number of nitrogens with zero attached hydrogens (tertiary/aromatic N) is 2. The number of carbonyl (C=O) groups is 2. The van der Waals surface area contributed by atoms with Gasteiger partial charge in [0, 0.05) is 25.4 Å². The third-order valence-electron chi connectivity index (χ3n) is 3.41. The molecule has 0 spiro atoms. The van der Waals surface area contributed by atoms with E-state index in [9.17, 15) is 9.59 Å². The van der Waals surface area contributed by atoms with Gasteiger partial charge in [0.05, 0.1) is 5.52 Å². The molecule has 2 aromatic carbocycles. The van der Waals surface area contributed by atoms with Crippen LogP contribution >= 0.6 is 0 Å². The second-order valence-electron chi connectivity index (χ2n) is 5.51. The molecule has 0 aliphatic heterocycles. The van der Waals surface area contributed by atoms with E-state index in [2.05, 4.69) is 9.97 Å². The van der Waals surface area contributed by atoms with E-state index in [1.165, 1.54) is 13.8 Å². The van der Waals surface area contributed by atoms with E-state index < -0.39 is 11.9 Å². The van der Waals surface area contributed by atoms with E-state index in [1.807, 2.05) is 24.3 Å². The Hall–Kier alpha value is -3.54. The monoisotopic (exact) mass is 348 g/mol. The van der Waals surface area contributed by atoms with Crippen LogP contribution in [-0.2, 0) is 9.59 Å². The molecule has 0 aliphatic rings. The maximum atomic E-state index is 11.3. The van der Waals surface area contributed by atoms with E-state index in [0.29, 0.717) is 5.82 Å². The topological polar surface area (TPSA) is 78.4 Å². The Balaban J connectivity index is 1.88. The number of aromatic nitrogens is 2. The fourth-order valence-electron chi connectivity index (χ4n) is 2.34. The number of rotatable bonds is 4. The Morgan fingerprint density at radius 2 is 1.65 bits per heavy atom. The molecule has 0 aliphatic carbocycles. The molecular weight excluding hydrogens is 332 g/mol. The van der Waals surface area contributed by atoms with Crippen molar-refractivity contribution in [2.45, 2.75) is 13.8 Å². The van der Waals surface area contributed by atoms with E-state index in [-0.39, 0.29) is 11.5 Å². The number of para-hydroxylation sites is 1. The Bertz CT molecular complexity index is 1010. The first kappa shape index (κ1) is 17.3. The first-order valence-corrected chi connectivity index (χ1v) is 7.92. The van der Waals surface area contributed by atoms with Gasteiger partial charge in [-0.2, -0.15) is 0 Å². The van der Waals surface area contributed by atoms with Gasteiger partial charge in [-0.1, -0.05) is 30.3 Å². The Morgan fingerprint density at radius 3 is 2.42 bits per heavy atom. The molecule has 1 heterocycles. The summed E-state index contributed by atoms with van der Waals surface area (Å²) in [5, 5.41) is 0.965. The van der Waals surface area contributed by atoms with Crippen LogP contribution in [0.5, 0.6) is 11.5 Å². The van der Waals surface area contributed by atoms with Gasteiger partial charge in [0.2, 0.25) is 0 Å². The molecule has 130 valence electrons. The molecule has 0 N–H and O–H groups in total. The first-order chi connectivity index (χ1) is 12.5. The molecule has 0 radical (unpaired) electrons. The number of hydrogen-bond acceptors (Lipinski definition) is 6. The summed E-state index contributed by atoms with van der Waals surface area (Å²) in [7, 11) is 0. The van der Waals surface area contributed by atoms with Crippen molar-refractivity contribution in [3.05, 3.63) is 60.0 Å². The second-order valence-corrected chi connectivity index (χ2v) is 5.51. The molecule has 0 amide bonds. The summed E-state index contributed by atoms with van der Waals surface area (Å²) in [6.07, 6.45) is 5.30. The summed E-state index contributed by atoms with van der Waals surface area (Å²) in [6, 6.07) is 12.6. The highest BCUT2D eigenvalue weighted by Gasteiger charge is 2.10. The molecule has 3 aromatic rings. The maximum Gasteiger partial charge on any atom is 0.308 e. The van der Waals surface area contributed by atoms with Gasteiger partial charge in [-0.15, -0.1) is 0 Å². The van der Waals surface area contributed by atoms with Crippen molar-refractivity contribution in [1.82, 2.24) is 9.97 Å². The minimum atomic E-state index is -0.502. The molecule has 3 rings (SSSR count). The highest BCUT2D eigenvalue weighted by atomic mass is 16.6. The van der Waals surface area contributed by atoms with Gasteiger partial charge in [-0.3, -0.25) is 9.59 Å². The first-order valence-electron chi connectivity index (χ1n) is 7.92. The van der Waals surface area contributed by atoms with Crippen molar-refractivity contribution in [2.24, 2.45) is 0 Å². The predicted octanol–water partition coefficient (Wildman–Crippen LogP) is 3.65. The molecule has 0 saturated carbocycles. The van der Waals surface area contributed by atoms with Gasteiger partial charge in [0.25, 0.3) is 0 Å². The minimum absolute atomic E-state index is 0.175. The smallest absolute Gasteiger partial charge is 0.308 e. The third-order valence-corrected chi connectivity index (χ3v) is 3.41. The highest BCUT2D eigenvalue weighted by Crippen LogP contribution is 2.29. The fraction of sp³-hybridized carbons (Fsp3) is 0.100. The Kier molecular flexibility index (Phi) is 5.03. The molecule has 0 bridgehead atoms. The van der Waals surface area contributed by atoms with Crippen LogP contribution < -0.4 is 9.47 Å². The summed E-state index contributed by atoms with van der Waals surface area (Å²) in [6.45, 7) is 2.56. The molecule has 0 unspecified atom stereocenters. The van der Waals surface area contributed by atoms with Crippen molar-refractivity contribution in [2.75, 3.05) is 0 Å². The van der Waals surface area contributed by atoms with E-state index in [1.54, 1.807) is 36.5 Å². The van der Waals surface area contributed by atoms with E-state index >= 15 is 0 Å². The van der Waals surface area contributed by atoms with Crippen molar-refractivity contribution >= 4 is 35.0 Å². The van der Waals surface area contributed by atoms with Crippen LogP contribution in [0.1, 0.15) is 25.2 Å². The molecule has 0 saturated heterocycles. The molecule has 26 heavy (non-hydrogen) atoms. The molecule has 6 heteroatoms. The standard InChI is InChI=1S/C20H16N2O4/c1-13(23)25-18-9-7-15(11-19(18)26-14(2)24)8-10-20-21-12-16-5-3-4-6-17(16)22-20/h3-12H,1-2H3/b10-8+. The summed E-state index contributed by atoms with van der Waals surface area (Å²) >= 11 is 0. The third kappa shape index (κ3) is 4.30. The lowest BCUT2D eigenvalue weighted by atomic mass is 10.2. The lowest BCUT2D eigenvalue weighted by molar-refractivity contribution is -0.134. The highest BCUT2D eigenvalue weighted by molar-refractivity contribution is 5.79. The van der Waals surface area contributed by atoms with Gasteiger partial charge in [-0.05, 0) is 29.8 Å². The molecular formula is C20H16N2O4. The molecule has 1 aromatic heterocycles. The largest absolute Gasteiger partial charge is 0.423 e. The zero-order chi connectivity index (χ0) is 18.5. The zero-order valence-corrected chi connectivity index (χ0v) is 14.3.